The Morgan fingerprint density at radius 3 is 2.82 bits per heavy atom. The Balaban J connectivity index is 1.87. The molecule has 1 saturated heterocycles. The number of hydrogen-bond donors (Lipinski definition) is 1. The lowest BCUT2D eigenvalue weighted by atomic mass is 9.72. The summed E-state index contributed by atoms with van der Waals surface area (Å²) >= 11 is 0. The van der Waals surface area contributed by atoms with E-state index >= 15 is 0 Å². The van der Waals surface area contributed by atoms with Gasteiger partial charge >= 0.3 is 0 Å². The number of hydrogen-bond acceptors (Lipinski definition) is 3. The lowest BCUT2D eigenvalue weighted by Crippen LogP contribution is -2.51. The summed E-state index contributed by atoms with van der Waals surface area (Å²) in [4.78, 5) is 2.54. The summed E-state index contributed by atoms with van der Waals surface area (Å²) in [5.41, 5.74) is 0.467. The molecule has 2 fully saturated rings. The summed E-state index contributed by atoms with van der Waals surface area (Å²) in [6.45, 7) is 8.81. The van der Waals surface area contributed by atoms with Gasteiger partial charge in [-0.15, -0.1) is 0 Å². The molecule has 0 aromatic rings. The first-order chi connectivity index (χ1) is 8.09. The van der Waals surface area contributed by atoms with Crippen LogP contribution in [0.3, 0.4) is 0 Å². The maximum atomic E-state index is 5.80. The lowest BCUT2D eigenvalue weighted by Gasteiger charge is -2.45. The number of likely N-dealkylation sites (N-methyl/N-ethyl adjacent to an activating group) is 1. The number of nitrogens with zero attached hydrogens (tertiary/aromatic N) is 1. The van der Waals surface area contributed by atoms with Gasteiger partial charge < -0.3 is 15.0 Å². The van der Waals surface area contributed by atoms with Gasteiger partial charge in [0, 0.05) is 25.7 Å². The van der Waals surface area contributed by atoms with Crippen LogP contribution < -0.4 is 5.32 Å². The summed E-state index contributed by atoms with van der Waals surface area (Å²) in [5, 5.41) is 3.41. The second-order valence-electron chi connectivity index (χ2n) is 6.39. The van der Waals surface area contributed by atoms with Crippen molar-refractivity contribution >= 4 is 0 Å². The predicted octanol–water partition coefficient (Wildman–Crippen LogP) is 1.88. The van der Waals surface area contributed by atoms with Crippen LogP contribution in [0.4, 0.5) is 0 Å². The molecule has 0 aromatic carbocycles. The number of nitrogens with one attached hydrogen (secondary N) is 1. The van der Waals surface area contributed by atoms with Crippen LogP contribution in [0.2, 0.25) is 0 Å². The quantitative estimate of drug-likeness (QED) is 0.815. The molecular formula is C14H28N2O. The van der Waals surface area contributed by atoms with Crippen molar-refractivity contribution in [2.24, 2.45) is 5.41 Å². The summed E-state index contributed by atoms with van der Waals surface area (Å²) < 4.78 is 5.80. The molecule has 2 unspecified atom stereocenters. The fourth-order valence-corrected chi connectivity index (χ4v) is 3.48. The van der Waals surface area contributed by atoms with E-state index in [-0.39, 0.29) is 0 Å². The van der Waals surface area contributed by atoms with E-state index < -0.39 is 0 Å². The highest BCUT2D eigenvalue weighted by Crippen LogP contribution is 2.38. The van der Waals surface area contributed by atoms with E-state index in [9.17, 15) is 0 Å². The van der Waals surface area contributed by atoms with Crippen LogP contribution in [0.5, 0.6) is 0 Å². The van der Waals surface area contributed by atoms with Crippen molar-refractivity contribution in [3.05, 3.63) is 0 Å². The molecule has 1 aliphatic heterocycles. The van der Waals surface area contributed by atoms with E-state index in [0.717, 1.165) is 32.3 Å². The zero-order chi connectivity index (χ0) is 12.3. The molecule has 1 N–H and O–H groups in total. The second kappa shape index (κ2) is 5.68. The second-order valence-corrected chi connectivity index (χ2v) is 6.39. The highest BCUT2D eigenvalue weighted by Gasteiger charge is 2.35. The Kier molecular flexibility index (Phi) is 4.45. The van der Waals surface area contributed by atoms with Gasteiger partial charge in [0.15, 0.2) is 0 Å². The molecule has 0 spiro atoms. The third-order valence-corrected chi connectivity index (χ3v) is 4.48. The molecule has 100 valence electrons. The van der Waals surface area contributed by atoms with Crippen LogP contribution in [0, 0.1) is 5.41 Å². The molecule has 0 aromatic heterocycles. The molecule has 0 radical (unpaired) electrons. The van der Waals surface area contributed by atoms with Crippen molar-refractivity contribution in [2.45, 2.75) is 51.7 Å². The molecule has 3 heteroatoms. The number of morpholine rings is 1. The highest BCUT2D eigenvalue weighted by molar-refractivity contribution is 4.89. The summed E-state index contributed by atoms with van der Waals surface area (Å²) in [6, 6.07) is 0.724. The summed E-state index contributed by atoms with van der Waals surface area (Å²) in [7, 11) is 2.27. The summed E-state index contributed by atoms with van der Waals surface area (Å²) in [6.07, 6.45) is 5.89. The number of rotatable bonds is 3. The van der Waals surface area contributed by atoms with Gasteiger partial charge in [-0.2, -0.15) is 0 Å². The minimum atomic E-state index is 0.381. The largest absolute Gasteiger partial charge is 0.374 e. The Labute approximate surface area is 106 Å². The Bertz CT molecular complexity index is 236. The van der Waals surface area contributed by atoms with Crippen molar-refractivity contribution in [3.8, 4) is 0 Å². The molecular weight excluding hydrogens is 212 g/mol. The molecule has 2 atom stereocenters. The van der Waals surface area contributed by atoms with Crippen molar-refractivity contribution in [1.82, 2.24) is 10.2 Å². The minimum Gasteiger partial charge on any atom is -0.374 e. The zero-order valence-electron chi connectivity index (χ0n) is 11.7. The molecule has 1 saturated carbocycles. The molecule has 0 amide bonds. The van der Waals surface area contributed by atoms with Gasteiger partial charge in [-0.1, -0.05) is 26.7 Å². The molecule has 1 heterocycles. The third kappa shape index (κ3) is 3.43. The van der Waals surface area contributed by atoms with E-state index in [0.29, 0.717) is 11.5 Å². The van der Waals surface area contributed by atoms with E-state index in [4.69, 9.17) is 4.74 Å². The highest BCUT2D eigenvalue weighted by atomic mass is 16.5. The van der Waals surface area contributed by atoms with Crippen LogP contribution in [0.15, 0.2) is 0 Å². The van der Waals surface area contributed by atoms with Crippen molar-refractivity contribution in [1.29, 1.82) is 0 Å². The van der Waals surface area contributed by atoms with Crippen LogP contribution in [0.25, 0.3) is 0 Å². The standard InChI is InChI=1S/C14H28N2O/c1-14(2)7-5-4-6-13(14)16(3)11-12-10-15-8-9-17-12/h12-13,15H,4-11H2,1-3H3. The SMILES string of the molecule is CN(CC1CNCCO1)C1CCCCC1(C)C. The van der Waals surface area contributed by atoms with E-state index in [1.807, 2.05) is 0 Å². The monoisotopic (exact) mass is 240 g/mol. The average Bonchev–Trinajstić information content (AvgIpc) is 2.29. The number of ether oxygens (including phenoxy) is 1. The van der Waals surface area contributed by atoms with Crippen molar-refractivity contribution in [2.75, 3.05) is 33.3 Å². The molecule has 0 bridgehead atoms. The normalized spacial score (nSPS) is 33.9. The van der Waals surface area contributed by atoms with E-state index in [2.05, 4.69) is 31.1 Å². The minimum absolute atomic E-state index is 0.381. The zero-order valence-corrected chi connectivity index (χ0v) is 11.7. The fraction of sp³-hybridized carbons (Fsp3) is 1.00. The van der Waals surface area contributed by atoms with Crippen molar-refractivity contribution in [3.63, 3.8) is 0 Å². The summed E-state index contributed by atoms with van der Waals surface area (Å²) in [5.74, 6) is 0. The molecule has 3 nitrogen and oxygen atoms in total. The smallest absolute Gasteiger partial charge is 0.0826 e. The van der Waals surface area contributed by atoms with Gasteiger partial charge in [0.05, 0.1) is 12.7 Å². The van der Waals surface area contributed by atoms with Gasteiger partial charge in [0.2, 0.25) is 0 Å². The first-order valence-corrected chi connectivity index (χ1v) is 7.12. The average molecular weight is 240 g/mol. The van der Waals surface area contributed by atoms with Crippen LogP contribution in [-0.4, -0.2) is 50.3 Å². The third-order valence-electron chi connectivity index (χ3n) is 4.48. The van der Waals surface area contributed by atoms with Gasteiger partial charge in [0.1, 0.15) is 0 Å². The topological polar surface area (TPSA) is 24.5 Å². The lowest BCUT2D eigenvalue weighted by molar-refractivity contribution is -0.0185. The van der Waals surface area contributed by atoms with Gasteiger partial charge in [-0.05, 0) is 25.3 Å². The van der Waals surface area contributed by atoms with Gasteiger partial charge in [-0.25, -0.2) is 0 Å². The Hall–Kier alpha value is -0.120. The molecule has 2 rings (SSSR count). The van der Waals surface area contributed by atoms with Crippen LogP contribution in [0.1, 0.15) is 39.5 Å². The maximum absolute atomic E-state index is 5.80. The van der Waals surface area contributed by atoms with Gasteiger partial charge in [-0.3, -0.25) is 0 Å². The first kappa shape index (κ1) is 13.3. The van der Waals surface area contributed by atoms with Gasteiger partial charge in [0.25, 0.3) is 0 Å². The van der Waals surface area contributed by atoms with Crippen LogP contribution in [-0.2, 0) is 4.74 Å². The molecule has 1 aliphatic carbocycles. The fourth-order valence-electron chi connectivity index (χ4n) is 3.48. The predicted molar refractivity (Wildman–Crippen MR) is 71.3 cm³/mol. The van der Waals surface area contributed by atoms with E-state index in [1.54, 1.807) is 0 Å². The Morgan fingerprint density at radius 2 is 2.18 bits per heavy atom. The maximum Gasteiger partial charge on any atom is 0.0826 e. The van der Waals surface area contributed by atoms with Crippen LogP contribution >= 0.6 is 0 Å². The Morgan fingerprint density at radius 1 is 1.35 bits per heavy atom. The molecule has 17 heavy (non-hydrogen) atoms. The first-order valence-electron chi connectivity index (χ1n) is 7.12. The molecule has 2 aliphatic rings. The van der Waals surface area contributed by atoms with E-state index in [1.165, 1.54) is 25.7 Å². The van der Waals surface area contributed by atoms with Crippen molar-refractivity contribution < 1.29 is 4.74 Å².